The smallest absolute Gasteiger partial charge is 0.248 e. The number of sulfonamides is 1. The van der Waals surface area contributed by atoms with E-state index in [0.29, 0.717) is 5.69 Å². The van der Waals surface area contributed by atoms with Crippen molar-refractivity contribution in [3.05, 3.63) is 60.2 Å². The molecule has 0 heterocycles. The molecule has 0 saturated heterocycles. The Labute approximate surface area is 134 Å². The first-order valence-corrected chi connectivity index (χ1v) is 8.19. The molecule has 0 fully saturated rings. The molecule has 0 unspecified atom stereocenters. The molecule has 0 bridgehead atoms. The van der Waals surface area contributed by atoms with Crippen molar-refractivity contribution in [2.45, 2.75) is 4.90 Å². The van der Waals surface area contributed by atoms with Crippen LogP contribution in [0.2, 0.25) is 0 Å². The number of hydrogen-bond donors (Lipinski definition) is 2. The largest absolute Gasteiger partial charge is 0.497 e. The van der Waals surface area contributed by atoms with Crippen molar-refractivity contribution in [1.82, 2.24) is 0 Å². The summed E-state index contributed by atoms with van der Waals surface area (Å²) in [6.45, 7) is 0. The Bertz CT molecular complexity index is 827. The Morgan fingerprint density at radius 3 is 2.48 bits per heavy atom. The minimum Gasteiger partial charge on any atom is -0.497 e. The predicted molar refractivity (Wildman–Crippen MR) is 88.5 cm³/mol. The van der Waals surface area contributed by atoms with Crippen LogP contribution in [0.5, 0.6) is 5.75 Å². The zero-order chi connectivity index (χ0) is 16.9. The maximum absolute atomic E-state index is 11.9. The fourth-order valence-corrected chi connectivity index (χ4v) is 2.38. The van der Waals surface area contributed by atoms with E-state index in [0.717, 1.165) is 11.3 Å². The third-order valence-electron chi connectivity index (χ3n) is 2.97. The van der Waals surface area contributed by atoms with Crippen LogP contribution in [0.4, 0.5) is 5.69 Å². The van der Waals surface area contributed by atoms with Gasteiger partial charge in [0.1, 0.15) is 5.75 Å². The summed E-state index contributed by atoms with van der Waals surface area (Å²) in [7, 11) is -2.23. The SMILES string of the molecule is COc1ccc(C=CC(=O)Nc2cccc(S(N)(=O)=O)c2)cc1. The second kappa shape index (κ2) is 7.08. The number of methoxy groups -OCH3 is 1. The fourth-order valence-electron chi connectivity index (χ4n) is 1.82. The highest BCUT2D eigenvalue weighted by molar-refractivity contribution is 7.89. The highest BCUT2D eigenvalue weighted by Gasteiger charge is 2.08. The van der Waals surface area contributed by atoms with Crippen molar-refractivity contribution in [2.24, 2.45) is 5.14 Å². The van der Waals surface area contributed by atoms with Gasteiger partial charge in [-0.2, -0.15) is 0 Å². The average molecular weight is 332 g/mol. The summed E-state index contributed by atoms with van der Waals surface area (Å²) in [5.74, 6) is 0.346. The Morgan fingerprint density at radius 1 is 1.17 bits per heavy atom. The third kappa shape index (κ3) is 4.94. The molecule has 0 aliphatic carbocycles. The van der Waals surface area contributed by atoms with E-state index in [1.807, 2.05) is 12.1 Å². The molecule has 0 atom stereocenters. The average Bonchev–Trinajstić information content (AvgIpc) is 2.53. The van der Waals surface area contributed by atoms with Gasteiger partial charge >= 0.3 is 0 Å². The lowest BCUT2D eigenvalue weighted by atomic mass is 10.2. The number of nitrogens with one attached hydrogen (secondary N) is 1. The van der Waals surface area contributed by atoms with Crippen LogP contribution in [-0.2, 0) is 14.8 Å². The molecule has 2 aromatic carbocycles. The lowest BCUT2D eigenvalue weighted by Crippen LogP contribution is -2.13. The molecule has 0 saturated carbocycles. The molecule has 3 N–H and O–H groups in total. The van der Waals surface area contributed by atoms with Gasteiger partial charge in [-0.1, -0.05) is 18.2 Å². The first-order chi connectivity index (χ1) is 10.9. The summed E-state index contributed by atoms with van der Waals surface area (Å²) in [4.78, 5) is 11.8. The number of nitrogens with two attached hydrogens (primary N) is 1. The minimum absolute atomic E-state index is 0.0607. The number of ether oxygens (including phenoxy) is 1. The molecular weight excluding hydrogens is 316 g/mol. The molecule has 0 spiro atoms. The second-order valence-electron chi connectivity index (χ2n) is 4.67. The summed E-state index contributed by atoms with van der Waals surface area (Å²) in [5, 5.41) is 7.63. The van der Waals surface area contributed by atoms with Crippen LogP contribution >= 0.6 is 0 Å². The van der Waals surface area contributed by atoms with E-state index in [1.54, 1.807) is 31.4 Å². The standard InChI is InChI=1S/C16H16N2O4S/c1-22-14-8-5-12(6-9-14)7-10-16(19)18-13-3-2-4-15(11-13)23(17,20)21/h2-11H,1H3,(H,18,19)(H2,17,20,21). The highest BCUT2D eigenvalue weighted by Crippen LogP contribution is 2.15. The quantitative estimate of drug-likeness (QED) is 0.818. The Hall–Kier alpha value is -2.64. The lowest BCUT2D eigenvalue weighted by molar-refractivity contribution is -0.111. The molecule has 23 heavy (non-hydrogen) atoms. The molecule has 6 nitrogen and oxygen atoms in total. The molecule has 120 valence electrons. The molecule has 0 aromatic heterocycles. The first-order valence-electron chi connectivity index (χ1n) is 6.64. The van der Waals surface area contributed by atoms with Gasteiger partial charge in [0, 0.05) is 11.8 Å². The van der Waals surface area contributed by atoms with Gasteiger partial charge in [0.05, 0.1) is 12.0 Å². The van der Waals surface area contributed by atoms with Gasteiger partial charge in [-0.05, 0) is 42.0 Å². The van der Waals surface area contributed by atoms with Crippen LogP contribution in [0.1, 0.15) is 5.56 Å². The number of primary sulfonamides is 1. The molecule has 2 aromatic rings. The van der Waals surface area contributed by atoms with E-state index in [-0.39, 0.29) is 10.8 Å². The highest BCUT2D eigenvalue weighted by atomic mass is 32.2. The molecule has 0 aliphatic rings. The van der Waals surface area contributed by atoms with Crippen LogP contribution < -0.4 is 15.2 Å². The molecule has 0 radical (unpaired) electrons. The molecular formula is C16H16N2O4S. The van der Waals surface area contributed by atoms with Crippen molar-refractivity contribution < 1.29 is 17.9 Å². The van der Waals surface area contributed by atoms with Crippen molar-refractivity contribution >= 4 is 27.7 Å². The van der Waals surface area contributed by atoms with Crippen molar-refractivity contribution in [2.75, 3.05) is 12.4 Å². The number of carbonyl (C=O) groups excluding carboxylic acids is 1. The number of hydrogen-bond acceptors (Lipinski definition) is 4. The summed E-state index contributed by atoms with van der Waals surface area (Å²) in [5.41, 5.74) is 1.18. The number of carbonyl (C=O) groups is 1. The third-order valence-corrected chi connectivity index (χ3v) is 3.88. The maximum atomic E-state index is 11.9. The van der Waals surface area contributed by atoms with E-state index in [2.05, 4.69) is 5.32 Å². The topological polar surface area (TPSA) is 98.5 Å². The van der Waals surface area contributed by atoms with E-state index in [1.165, 1.54) is 24.3 Å². The van der Waals surface area contributed by atoms with E-state index in [4.69, 9.17) is 9.88 Å². The Morgan fingerprint density at radius 2 is 1.87 bits per heavy atom. The van der Waals surface area contributed by atoms with Crippen LogP contribution in [0.25, 0.3) is 6.08 Å². The van der Waals surface area contributed by atoms with Crippen molar-refractivity contribution in [3.63, 3.8) is 0 Å². The number of amides is 1. The second-order valence-corrected chi connectivity index (χ2v) is 6.23. The van der Waals surface area contributed by atoms with Crippen LogP contribution in [0.3, 0.4) is 0 Å². The van der Waals surface area contributed by atoms with Crippen LogP contribution in [-0.4, -0.2) is 21.4 Å². The summed E-state index contributed by atoms with van der Waals surface area (Å²) < 4.78 is 27.6. The number of anilines is 1. The van der Waals surface area contributed by atoms with Gasteiger partial charge in [-0.25, -0.2) is 13.6 Å². The monoisotopic (exact) mass is 332 g/mol. The Balaban J connectivity index is 2.05. The van der Waals surface area contributed by atoms with Crippen LogP contribution in [0.15, 0.2) is 59.5 Å². The molecule has 0 aliphatic heterocycles. The molecule has 1 amide bonds. The number of benzene rings is 2. The van der Waals surface area contributed by atoms with Gasteiger partial charge in [-0.15, -0.1) is 0 Å². The van der Waals surface area contributed by atoms with E-state index < -0.39 is 10.0 Å². The fraction of sp³-hybridized carbons (Fsp3) is 0.0625. The molecule has 2 rings (SSSR count). The zero-order valence-electron chi connectivity index (χ0n) is 12.4. The Kier molecular flexibility index (Phi) is 5.15. The number of rotatable bonds is 5. The zero-order valence-corrected chi connectivity index (χ0v) is 13.2. The van der Waals surface area contributed by atoms with E-state index in [9.17, 15) is 13.2 Å². The summed E-state index contributed by atoms with van der Waals surface area (Å²) in [6.07, 6.45) is 2.99. The first kappa shape index (κ1) is 16.7. The van der Waals surface area contributed by atoms with Gasteiger partial charge in [0.25, 0.3) is 0 Å². The van der Waals surface area contributed by atoms with Gasteiger partial charge in [-0.3, -0.25) is 4.79 Å². The van der Waals surface area contributed by atoms with Crippen molar-refractivity contribution in [3.8, 4) is 5.75 Å². The van der Waals surface area contributed by atoms with Crippen molar-refractivity contribution in [1.29, 1.82) is 0 Å². The molecule has 7 heteroatoms. The minimum atomic E-state index is -3.80. The predicted octanol–water partition coefficient (Wildman–Crippen LogP) is 1.99. The maximum Gasteiger partial charge on any atom is 0.248 e. The summed E-state index contributed by atoms with van der Waals surface area (Å²) in [6, 6.07) is 12.9. The van der Waals surface area contributed by atoms with Gasteiger partial charge < -0.3 is 10.1 Å². The van der Waals surface area contributed by atoms with E-state index >= 15 is 0 Å². The van der Waals surface area contributed by atoms with Gasteiger partial charge in [0.2, 0.25) is 15.9 Å². The van der Waals surface area contributed by atoms with Gasteiger partial charge in [0.15, 0.2) is 0 Å². The lowest BCUT2D eigenvalue weighted by Gasteiger charge is -2.04. The summed E-state index contributed by atoms with van der Waals surface area (Å²) >= 11 is 0. The normalized spacial score (nSPS) is 11.4. The van der Waals surface area contributed by atoms with Crippen LogP contribution in [0, 0.1) is 0 Å².